The predicted octanol–water partition coefficient (Wildman–Crippen LogP) is 3.50. The number of amides is 1. The summed E-state index contributed by atoms with van der Waals surface area (Å²) in [5.74, 6) is 1.83. The monoisotopic (exact) mass is 310 g/mol. The summed E-state index contributed by atoms with van der Waals surface area (Å²) in [4.78, 5) is 16.5. The summed E-state index contributed by atoms with van der Waals surface area (Å²) in [6, 6.07) is 5.48. The molecule has 6 heteroatoms. The summed E-state index contributed by atoms with van der Waals surface area (Å²) in [6.45, 7) is 5.76. The minimum absolute atomic E-state index is 0.193. The Morgan fingerprint density at radius 1 is 1.30 bits per heavy atom. The molecule has 0 unspecified atom stereocenters. The Morgan fingerprint density at radius 3 is 2.83 bits per heavy atom. The summed E-state index contributed by atoms with van der Waals surface area (Å²) < 4.78 is 5.60. The number of rotatable bonds is 4. The molecule has 6 nitrogen and oxygen atoms in total. The van der Waals surface area contributed by atoms with Crippen molar-refractivity contribution in [3.63, 3.8) is 0 Å². The first-order chi connectivity index (χ1) is 11.1. The Balaban J connectivity index is 1.86. The fourth-order valence-electron chi connectivity index (χ4n) is 2.43. The van der Waals surface area contributed by atoms with E-state index in [9.17, 15) is 4.79 Å². The third-order valence-electron chi connectivity index (χ3n) is 3.76. The smallest absolute Gasteiger partial charge is 0.257 e. The van der Waals surface area contributed by atoms with Gasteiger partial charge in [-0.15, -0.1) is 0 Å². The molecule has 0 aliphatic heterocycles. The SMILES string of the molecule is CCc1cnccc1C(=O)Nc1n[nH]c(-c2ccc(C)o2)c1C. The first-order valence-electron chi connectivity index (χ1n) is 7.46. The first-order valence-corrected chi connectivity index (χ1v) is 7.46. The van der Waals surface area contributed by atoms with Gasteiger partial charge in [0.25, 0.3) is 5.91 Å². The van der Waals surface area contributed by atoms with Gasteiger partial charge in [0.05, 0.1) is 0 Å². The number of aromatic amines is 1. The van der Waals surface area contributed by atoms with Crippen LogP contribution in [0.15, 0.2) is 35.0 Å². The number of aromatic nitrogens is 3. The Labute approximate surface area is 133 Å². The number of hydrogen-bond donors (Lipinski definition) is 2. The molecule has 3 aromatic heterocycles. The zero-order valence-electron chi connectivity index (χ0n) is 13.3. The normalized spacial score (nSPS) is 10.7. The molecule has 0 saturated carbocycles. The minimum atomic E-state index is -0.193. The average Bonchev–Trinajstić information content (AvgIpc) is 3.14. The second-order valence-electron chi connectivity index (χ2n) is 5.32. The lowest BCUT2D eigenvalue weighted by atomic mass is 10.1. The summed E-state index contributed by atoms with van der Waals surface area (Å²) >= 11 is 0. The Kier molecular flexibility index (Phi) is 3.97. The number of nitrogens with one attached hydrogen (secondary N) is 2. The van der Waals surface area contributed by atoms with Gasteiger partial charge < -0.3 is 9.73 Å². The van der Waals surface area contributed by atoms with Gasteiger partial charge in [0, 0.05) is 23.5 Å². The molecule has 0 bridgehead atoms. The molecule has 0 aliphatic rings. The van der Waals surface area contributed by atoms with Crippen LogP contribution in [-0.2, 0) is 6.42 Å². The number of furan rings is 1. The number of carbonyl (C=O) groups is 1. The van der Waals surface area contributed by atoms with Crippen LogP contribution in [0.25, 0.3) is 11.5 Å². The van der Waals surface area contributed by atoms with Gasteiger partial charge in [-0.3, -0.25) is 14.9 Å². The Hall–Kier alpha value is -2.89. The van der Waals surface area contributed by atoms with Crippen LogP contribution in [0.5, 0.6) is 0 Å². The molecule has 0 radical (unpaired) electrons. The summed E-state index contributed by atoms with van der Waals surface area (Å²) in [6.07, 6.45) is 4.07. The second-order valence-corrected chi connectivity index (χ2v) is 5.32. The zero-order chi connectivity index (χ0) is 16.4. The molecule has 3 rings (SSSR count). The van der Waals surface area contributed by atoms with Crippen LogP contribution in [0.1, 0.15) is 34.2 Å². The maximum absolute atomic E-state index is 12.5. The second kappa shape index (κ2) is 6.08. The van der Waals surface area contributed by atoms with Gasteiger partial charge in [-0.25, -0.2) is 0 Å². The van der Waals surface area contributed by atoms with E-state index >= 15 is 0 Å². The average molecular weight is 310 g/mol. The number of aryl methyl sites for hydroxylation is 2. The van der Waals surface area contributed by atoms with Crippen molar-refractivity contribution in [3.8, 4) is 11.5 Å². The van der Waals surface area contributed by atoms with Gasteiger partial charge in [-0.1, -0.05) is 6.92 Å². The number of nitrogens with zero attached hydrogens (tertiary/aromatic N) is 2. The number of anilines is 1. The van der Waals surface area contributed by atoms with E-state index in [1.807, 2.05) is 32.9 Å². The number of pyridine rings is 1. The van der Waals surface area contributed by atoms with E-state index in [4.69, 9.17) is 4.42 Å². The van der Waals surface area contributed by atoms with Crippen LogP contribution in [0.3, 0.4) is 0 Å². The fourth-order valence-corrected chi connectivity index (χ4v) is 2.43. The topological polar surface area (TPSA) is 83.8 Å². The van der Waals surface area contributed by atoms with E-state index in [2.05, 4.69) is 20.5 Å². The standard InChI is InChI=1S/C17H18N4O2/c1-4-12-9-18-8-7-13(12)17(22)19-16-11(3)15(20-21-16)14-6-5-10(2)23-14/h5-9H,4H2,1-3H3,(H2,19,20,21,22). The van der Waals surface area contributed by atoms with E-state index in [0.717, 1.165) is 29.0 Å². The largest absolute Gasteiger partial charge is 0.460 e. The molecule has 2 N–H and O–H groups in total. The molecule has 0 spiro atoms. The maximum atomic E-state index is 12.5. The van der Waals surface area contributed by atoms with E-state index in [0.29, 0.717) is 17.1 Å². The molecular weight excluding hydrogens is 292 g/mol. The van der Waals surface area contributed by atoms with Gasteiger partial charge in [-0.05, 0) is 44.0 Å². The first kappa shape index (κ1) is 15.0. The molecule has 118 valence electrons. The van der Waals surface area contributed by atoms with Crippen molar-refractivity contribution in [3.05, 3.63) is 53.0 Å². The molecule has 3 heterocycles. The van der Waals surface area contributed by atoms with Gasteiger partial charge in [0.15, 0.2) is 11.6 Å². The third kappa shape index (κ3) is 2.88. The zero-order valence-corrected chi connectivity index (χ0v) is 13.3. The summed E-state index contributed by atoms with van der Waals surface area (Å²) in [5.41, 5.74) is 3.11. The lowest BCUT2D eigenvalue weighted by Crippen LogP contribution is -2.15. The van der Waals surface area contributed by atoms with Crippen LogP contribution in [-0.4, -0.2) is 21.1 Å². The highest BCUT2D eigenvalue weighted by molar-refractivity contribution is 6.05. The maximum Gasteiger partial charge on any atom is 0.257 e. The van der Waals surface area contributed by atoms with Gasteiger partial charge >= 0.3 is 0 Å². The van der Waals surface area contributed by atoms with Crippen molar-refractivity contribution < 1.29 is 9.21 Å². The molecular formula is C17H18N4O2. The molecule has 0 atom stereocenters. The number of H-pyrrole nitrogens is 1. The van der Waals surface area contributed by atoms with E-state index in [-0.39, 0.29) is 5.91 Å². The van der Waals surface area contributed by atoms with Crippen molar-refractivity contribution in [2.24, 2.45) is 0 Å². The van der Waals surface area contributed by atoms with E-state index < -0.39 is 0 Å². The molecule has 1 amide bonds. The highest BCUT2D eigenvalue weighted by Gasteiger charge is 2.17. The number of hydrogen-bond acceptors (Lipinski definition) is 4. The van der Waals surface area contributed by atoms with Crippen molar-refractivity contribution >= 4 is 11.7 Å². The highest BCUT2D eigenvalue weighted by atomic mass is 16.3. The molecule has 3 aromatic rings. The summed E-state index contributed by atoms with van der Waals surface area (Å²) in [5, 5.41) is 9.96. The quantitative estimate of drug-likeness (QED) is 0.772. The van der Waals surface area contributed by atoms with Crippen LogP contribution in [0, 0.1) is 13.8 Å². The van der Waals surface area contributed by atoms with Crippen LogP contribution in [0.2, 0.25) is 0 Å². The van der Waals surface area contributed by atoms with Crippen molar-refractivity contribution in [2.75, 3.05) is 5.32 Å². The third-order valence-corrected chi connectivity index (χ3v) is 3.76. The molecule has 0 fully saturated rings. The molecule has 23 heavy (non-hydrogen) atoms. The van der Waals surface area contributed by atoms with Crippen molar-refractivity contribution in [1.29, 1.82) is 0 Å². The van der Waals surface area contributed by atoms with E-state index in [1.165, 1.54) is 0 Å². The van der Waals surface area contributed by atoms with E-state index in [1.54, 1.807) is 18.5 Å². The number of carbonyl (C=O) groups excluding carboxylic acids is 1. The summed E-state index contributed by atoms with van der Waals surface area (Å²) in [7, 11) is 0. The molecule has 0 aliphatic carbocycles. The highest BCUT2D eigenvalue weighted by Crippen LogP contribution is 2.27. The van der Waals surface area contributed by atoms with Crippen LogP contribution >= 0.6 is 0 Å². The predicted molar refractivity (Wildman–Crippen MR) is 87.3 cm³/mol. The van der Waals surface area contributed by atoms with Crippen molar-refractivity contribution in [1.82, 2.24) is 15.2 Å². The minimum Gasteiger partial charge on any atom is -0.460 e. The Bertz CT molecular complexity index is 848. The van der Waals surface area contributed by atoms with Gasteiger partial charge in [0.1, 0.15) is 11.5 Å². The lowest BCUT2D eigenvalue weighted by molar-refractivity contribution is 0.102. The Morgan fingerprint density at radius 2 is 2.13 bits per heavy atom. The van der Waals surface area contributed by atoms with Crippen molar-refractivity contribution in [2.45, 2.75) is 27.2 Å². The van der Waals surface area contributed by atoms with Crippen LogP contribution < -0.4 is 5.32 Å². The molecule has 0 aromatic carbocycles. The molecule has 0 saturated heterocycles. The van der Waals surface area contributed by atoms with Crippen LogP contribution in [0.4, 0.5) is 5.82 Å². The van der Waals surface area contributed by atoms with Gasteiger partial charge in [-0.2, -0.15) is 5.10 Å². The van der Waals surface area contributed by atoms with Gasteiger partial charge in [0.2, 0.25) is 0 Å². The lowest BCUT2D eigenvalue weighted by Gasteiger charge is -2.07. The fraction of sp³-hybridized carbons (Fsp3) is 0.235.